The molecule has 0 rings (SSSR count). The monoisotopic (exact) mass is 205 g/mol. The topological polar surface area (TPSA) is 142 Å². The van der Waals surface area contributed by atoms with E-state index < -0.39 is 17.9 Å². The molecule has 0 unspecified atom stereocenters. The Hall–Kier alpha value is -1.89. The van der Waals surface area contributed by atoms with Crippen LogP contribution in [0.2, 0.25) is 0 Å². The Morgan fingerprint density at radius 2 is 1.71 bits per heavy atom. The molecule has 0 amide bonds. The van der Waals surface area contributed by atoms with Crippen LogP contribution in [0.1, 0.15) is 6.42 Å². The van der Waals surface area contributed by atoms with Crippen LogP contribution in [0.3, 0.4) is 0 Å². The lowest BCUT2D eigenvalue weighted by atomic mass is 10.5. The van der Waals surface area contributed by atoms with Gasteiger partial charge in [0.1, 0.15) is 0 Å². The molecule has 7 heteroatoms. The molecule has 0 aromatic carbocycles. The van der Waals surface area contributed by atoms with E-state index in [2.05, 4.69) is 5.73 Å². The number of rotatable bonds is 4. The number of carboxylic acids is 3. The first kappa shape index (κ1) is 14.6. The number of carboxylic acid groups (broad SMARTS) is 3. The predicted molar refractivity (Wildman–Crippen MR) is 41.8 cm³/mol. The van der Waals surface area contributed by atoms with E-state index in [4.69, 9.17) is 10.2 Å². The van der Waals surface area contributed by atoms with Gasteiger partial charge in [-0.3, -0.25) is 4.79 Å². The van der Waals surface area contributed by atoms with Gasteiger partial charge in [0.25, 0.3) is 0 Å². The molecule has 0 aromatic rings. The lowest BCUT2D eigenvalue weighted by Crippen LogP contribution is -2.50. The summed E-state index contributed by atoms with van der Waals surface area (Å²) in [6.07, 6.45) is 1.12. The lowest BCUT2D eigenvalue weighted by Gasteiger charge is -1.85. The highest BCUT2D eigenvalue weighted by molar-refractivity contribution is 5.88. The summed E-state index contributed by atoms with van der Waals surface area (Å²) < 4.78 is 0. The number of quaternary nitrogens is 1. The van der Waals surface area contributed by atoms with Crippen LogP contribution >= 0.6 is 0 Å². The molecule has 0 aliphatic carbocycles. The Labute approximate surface area is 79.5 Å². The van der Waals surface area contributed by atoms with E-state index in [-0.39, 0.29) is 6.42 Å². The summed E-state index contributed by atoms with van der Waals surface area (Å²) in [5.74, 6) is -3.58. The van der Waals surface area contributed by atoms with Crippen LogP contribution in [0.5, 0.6) is 0 Å². The van der Waals surface area contributed by atoms with Crippen LogP contribution < -0.4 is 10.8 Å². The summed E-state index contributed by atoms with van der Waals surface area (Å²) >= 11 is 0. The predicted octanol–water partition coefficient (Wildman–Crippen LogP) is -2.92. The molecule has 0 radical (unpaired) electrons. The Morgan fingerprint density at radius 3 is 1.79 bits per heavy atom. The molecule has 0 heterocycles. The van der Waals surface area contributed by atoms with Crippen molar-refractivity contribution in [3.8, 4) is 0 Å². The highest BCUT2D eigenvalue weighted by atomic mass is 16.4. The molecule has 0 bridgehead atoms. The number of carbonyl (C=O) groups is 3. The average Bonchev–Trinajstić information content (AvgIpc) is 2.01. The summed E-state index contributed by atoms with van der Waals surface area (Å²) in [5.41, 5.74) is 3.34. The first-order valence-electron chi connectivity index (χ1n) is 3.53. The van der Waals surface area contributed by atoms with Gasteiger partial charge in [-0.2, -0.15) is 0 Å². The number of hydrogen-bond donors (Lipinski definition) is 3. The fourth-order valence-electron chi connectivity index (χ4n) is 0.291. The van der Waals surface area contributed by atoms with Crippen molar-refractivity contribution in [2.24, 2.45) is 0 Å². The zero-order valence-electron chi connectivity index (χ0n) is 7.30. The highest BCUT2D eigenvalue weighted by Gasteiger charge is 1.90. The minimum Gasteiger partial charge on any atom is -0.545 e. The summed E-state index contributed by atoms with van der Waals surface area (Å²) in [4.78, 5) is 28.5. The molecule has 0 aliphatic rings. The summed E-state index contributed by atoms with van der Waals surface area (Å²) in [5, 5.41) is 25.1. The molecule has 80 valence electrons. The first-order valence-corrected chi connectivity index (χ1v) is 3.53. The second-order valence-electron chi connectivity index (χ2n) is 1.99. The Bertz CT molecular complexity index is 218. The van der Waals surface area contributed by atoms with Gasteiger partial charge < -0.3 is 25.8 Å². The lowest BCUT2D eigenvalue weighted by molar-refractivity contribution is -0.366. The standard InChI is InChI=1S/C4H4O4.C3H7NO2/c5-3(6)1-2-4(7)8;4-2-1-3(5)6/h1-2H,(H,5,6)(H,7,8);1-2,4H2,(H,5,6)/b2-1-;. The largest absolute Gasteiger partial charge is 0.545 e. The van der Waals surface area contributed by atoms with E-state index in [1.165, 1.54) is 0 Å². The number of aliphatic carboxylic acids is 3. The van der Waals surface area contributed by atoms with Gasteiger partial charge in [-0.15, -0.1) is 0 Å². The molecule has 7 nitrogen and oxygen atoms in total. The van der Waals surface area contributed by atoms with Crippen LogP contribution in [0.15, 0.2) is 12.2 Å². The fraction of sp³-hybridized carbons (Fsp3) is 0.286. The van der Waals surface area contributed by atoms with Crippen molar-refractivity contribution in [3.63, 3.8) is 0 Å². The van der Waals surface area contributed by atoms with Gasteiger partial charge in [0, 0.05) is 6.08 Å². The van der Waals surface area contributed by atoms with Crippen molar-refractivity contribution in [1.82, 2.24) is 0 Å². The smallest absolute Gasteiger partial charge is 0.328 e. The van der Waals surface area contributed by atoms with Gasteiger partial charge in [-0.25, -0.2) is 4.79 Å². The fourth-order valence-corrected chi connectivity index (χ4v) is 0.291. The molecule has 0 fully saturated rings. The quantitative estimate of drug-likeness (QED) is 0.419. The maximum absolute atomic E-state index is 9.56. The second-order valence-corrected chi connectivity index (χ2v) is 1.99. The SMILES string of the molecule is O=C([O-])/C=C\C(=O)O.[NH3+]CCC(=O)O. The van der Waals surface area contributed by atoms with Gasteiger partial charge in [-0.05, 0) is 6.08 Å². The maximum Gasteiger partial charge on any atom is 0.328 e. The van der Waals surface area contributed by atoms with E-state index in [9.17, 15) is 19.5 Å². The van der Waals surface area contributed by atoms with Gasteiger partial charge >= 0.3 is 11.9 Å². The van der Waals surface area contributed by atoms with Crippen LogP contribution in [-0.2, 0) is 14.4 Å². The third-order valence-corrected chi connectivity index (χ3v) is 0.753. The zero-order valence-corrected chi connectivity index (χ0v) is 7.30. The van der Waals surface area contributed by atoms with E-state index in [0.29, 0.717) is 18.7 Å². The van der Waals surface area contributed by atoms with Crippen molar-refractivity contribution >= 4 is 17.9 Å². The summed E-state index contributed by atoms with van der Waals surface area (Å²) in [6.45, 7) is 0.481. The normalized spacial score (nSPS) is 8.93. The number of hydrogen-bond acceptors (Lipinski definition) is 4. The maximum atomic E-state index is 9.56. The third-order valence-electron chi connectivity index (χ3n) is 0.753. The Morgan fingerprint density at radius 1 is 1.21 bits per heavy atom. The molecule has 14 heavy (non-hydrogen) atoms. The van der Waals surface area contributed by atoms with Gasteiger partial charge in [0.05, 0.1) is 18.9 Å². The van der Waals surface area contributed by atoms with Crippen molar-refractivity contribution in [2.75, 3.05) is 6.54 Å². The van der Waals surface area contributed by atoms with Crippen molar-refractivity contribution in [2.45, 2.75) is 6.42 Å². The van der Waals surface area contributed by atoms with Crippen molar-refractivity contribution in [3.05, 3.63) is 12.2 Å². The Balaban J connectivity index is 0. The molecule has 0 spiro atoms. The van der Waals surface area contributed by atoms with Gasteiger partial charge in [0.2, 0.25) is 0 Å². The molecule has 0 atom stereocenters. The minimum atomic E-state index is -1.51. The van der Waals surface area contributed by atoms with E-state index >= 15 is 0 Å². The second kappa shape index (κ2) is 9.20. The molecule has 0 aliphatic heterocycles. The average molecular weight is 205 g/mol. The molecular formula is C7H11NO6. The zero-order chi connectivity index (χ0) is 11.6. The number of carbonyl (C=O) groups excluding carboxylic acids is 1. The molecule has 0 aromatic heterocycles. The van der Waals surface area contributed by atoms with Crippen LogP contribution in [0, 0.1) is 0 Å². The van der Waals surface area contributed by atoms with Crippen LogP contribution in [0.4, 0.5) is 0 Å². The van der Waals surface area contributed by atoms with Crippen LogP contribution in [0.25, 0.3) is 0 Å². The summed E-state index contributed by atoms with van der Waals surface area (Å²) in [6, 6.07) is 0. The molecule has 0 saturated carbocycles. The van der Waals surface area contributed by atoms with Gasteiger partial charge in [0.15, 0.2) is 0 Å². The minimum absolute atomic E-state index is 0.181. The molecule has 5 N–H and O–H groups in total. The van der Waals surface area contributed by atoms with E-state index in [1.807, 2.05) is 0 Å². The highest BCUT2D eigenvalue weighted by Crippen LogP contribution is 1.67. The van der Waals surface area contributed by atoms with Crippen LogP contribution in [-0.4, -0.2) is 34.7 Å². The molecular weight excluding hydrogens is 194 g/mol. The van der Waals surface area contributed by atoms with Crippen molar-refractivity contribution < 1.29 is 35.4 Å². The van der Waals surface area contributed by atoms with E-state index in [1.54, 1.807) is 0 Å². The molecule has 0 saturated heterocycles. The summed E-state index contributed by atoms with van der Waals surface area (Å²) in [7, 11) is 0. The third kappa shape index (κ3) is 22.5. The Kier molecular flexibility index (Phi) is 9.61. The van der Waals surface area contributed by atoms with Crippen molar-refractivity contribution in [1.29, 1.82) is 0 Å². The van der Waals surface area contributed by atoms with E-state index in [0.717, 1.165) is 0 Å². The van der Waals surface area contributed by atoms with Gasteiger partial charge in [-0.1, -0.05) is 0 Å². The first-order chi connectivity index (χ1) is 6.40.